The number of rotatable bonds is 8. The minimum atomic E-state index is -0.0402. The second kappa shape index (κ2) is 10.7. The molecule has 0 unspecified atom stereocenters. The van der Waals surface area contributed by atoms with E-state index in [0.29, 0.717) is 13.0 Å². The van der Waals surface area contributed by atoms with Crippen molar-refractivity contribution >= 4 is 24.0 Å². The summed E-state index contributed by atoms with van der Waals surface area (Å²) in [6, 6.07) is 15.7. The van der Waals surface area contributed by atoms with Crippen LogP contribution in [-0.2, 0) is 11.3 Å². The van der Waals surface area contributed by atoms with Crippen LogP contribution in [0, 0.1) is 6.92 Å². The Bertz CT molecular complexity index is 647. The van der Waals surface area contributed by atoms with E-state index in [2.05, 4.69) is 17.6 Å². The number of carbonyl (C=O) groups is 1. The van der Waals surface area contributed by atoms with E-state index in [1.54, 1.807) is 0 Å². The van der Waals surface area contributed by atoms with Crippen LogP contribution in [0.3, 0.4) is 0 Å². The quantitative estimate of drug-likeness (QED) is 0.759. The molecule has 0 bridgehead atoms. The maximum absolute atomic E-state index is 12.1. The zero-order valence-corrected chi connectivity index (χ0v) is 15.0. The van der Waals surface area contributed by atoms with E-state index in [0.717, 1.165) is 35.7 Å². The molecule has 0 radical (unpaired) electrons. The molecule has 0 aliphatic carbocycles. The van der Waals surface area contributed by atoms with Gasteiger partial charge in [0.2, 0.25) is 5.91 Å². The molecule has 0 aliphatic rings. The fourth-order valence-electron chi connectivity index (χ4n) is 2.24. The Kier molecular flexibility index (Phi) is 8.90. The first-order valence-corrected chi connectivity index (χ1v) is 7.97. The normalized spacial score (nSPS) is 9.92. The molecule has 2 aromatic carbocycles. The van der Waals surface area contributed by atoms with E-state index in [1.807, 2.05) is 55.5 Å². The number of hydrogen-bond donors (Lipinski definition) is 2. The molecule has 0 aliphatic heterocycles. The maximum atomic E-state index is 12.1. The summed E-state index contributed by atoms with van der Waals surface area (Å²) in [5, 5.41) is 6.23. The van der Waals surface area contributed by atoms with Crippen molar-refractivity contribution in [1.82, 2.24) is 5.32 Å². The minimum absolute atomic E-state index is 0. The number of halogens is 1. The molecule has 0 aromatic heterocycles. The Labute approximate surface area is 150 Å². The highest BCUT2D eigenvalue weighted by atomic mass is 35.5. The zero-order chi connectivity index (χ0) is 16.5. The van der Waals surface area contributed by atoms with Gasteiger partial charge in [-0.25, -0.2) is 0 Å². The van der Waals surface area contributed by atoms with Crippen LogP contribution in [0.5, 0.6) is 5.75 Å². The average Bonchev–Trinajstić information content (AvgIpc) is 2.54. The first-order valence-electron chi connectivity index (χ1n) is 7.97. The highest BCUT2D eigenvalue weighted by molar-refractivity contribution is 5.91. The van der Waals surface area contributed by atoms with E-state index in [1.165, 1.54) is 0 Å². The lowest BCUT2D eigenvalue weighted by atomic mass is 10.1. The summed E-state index contributed by atoms with van der Waals surface area (Å²) in [5.41, 5.74) is 3.08. The summed E-state index contributed by atoms with van der Waals surface area (Å²) in [5.74, 6) is 0.756. The highest BCUT2D eigenvalue weighted by Crippen LogP contribution is 2.16. The number of ether oxygens (including phenoxy) is 1. The highest BCUT2D eigenvalue weighted by Gasteiger charge is 2.06. The van der Waals surface area contributed by atoms with E-state index in [4.69, 9.17) is 4.74 Å². The summed E-state index contributed by atoms with van der Waals surface area (Å²) < 4.78 is 5.62. The van der Waals surface area contributed by atoms with Gasteiger partial charge in [0.1, 0.15) is 5.75 Å². The van der Waals surface area contributed by atoms with E-state index >= 15 is 0 Å². The van der Waals surface area contributed by atoms with Gasteiger partial charge in [-0.2, -0.15) is 0 Å². The van der Waals surface area contributed by atoms with Crippen LogP contribution in [0.4, 0.5) is 5.69 Å². The second-order valence-corrected chi connectivity index (χ2v) is 5.40. The Balaban J connectivity index is 0.00000288. The van der Waals surface area contributed by atoms with Crippen LogP contribution in [0.1, 0.15) is 24.5 Å². The molecule has 0 saturated heterocycles. The fraction of sp³-hybridized carbons (Fsp3) is 0.316. The van der Waals surface area contributed by atoms with Crippen molar-refractivity contribution in [3.05, 3.63) is 59.7 Å². The number of para-hydroxylation sites is 1. The molecule has 130 valence electrons. The average molecular weight is 349 g/mol. The van der Waals surface area contributed by atoms with Gasteiger partial charge in [0.05, 0.1) is 13.0 Å². The van der Waals surface area contributed by atoms with Crippen LogP contribution in [-0.4, -0.2) is 19.1 Å². The smallest absolute Gasteiger partial charge is 0.227 e. The molecule has 0 spiro atoms. The lowest BCUT2D eigenvalue weighted by Gasteiger charge is -2.12. The largest absolute Gasteiger partial charge is 0.493 e. The predicted octanol–water partition coefficient (Wildman–Crippen LogP) is 3.93. The van der Waals surface area contributed by atoms with Crippen LogP contribution in [0.15, 0.2) is 48.5 Å². The molecular formula is C19H25ClN2O2. The Hall–Kier alpha value is -2.04. The van der Waals surface area contributed by atoms with Gasteiger partial charge in [0, 0.05) is 12.2 Å². The summed E-state index contributed by atoms with van der Waals surface area (Å²) in [6.07, 6.45) is 0.323. The van der Waals surface area contributed by atoms with Crippen molar-refractivity contribution in [3.8, 4) is 5.75 Å². The van der Waals surface area contributed by atoms with Crippen LogP contribution in [0.25, 0.3) is 0 Å². The molecule has 0 fully saturated rings. The Morgan fingerprint density at radius 3 is 2.67 bits per heavy atom. The van der Waals surface area contributed by atoms with E-state index in [-0.39, 0.29) is 18.3 Å². The molecule has 0 heterocycles. The third-order valence-electron chi connectivity index (χ3n) is 3.44. The van der Waals surface area contributed by atoms with Gasteiger partial charge in [-0.15, -0.1) is 12.4 Å². The van der Waals surface area contributed by atoms with Crippen LogP contribution in [0.2, 0.25) is 0 Å². The molecule has 24 heavy (non-hydrogen) atoms. The number of benzene rings is 2. The van der Waals surface area contributed by atoms with Gasteiger partial charge in [-0.3, -0.25) is 4.79 Å². The zero-order valence-electron chi connectivity index (χ0n) is 14.2. The standard InChI is InChI=1S/C19H24N2O2.ClH/c1-3-20-14-16-8-4-5-10-18(16)21-19(22)11-12-23-17-9-6-7-15(2)13-17;/h4-10,13,20H,3,11-12,14H2,1-2H3,(H,21,22);1H. The maximum Gasteiger partial charge on any atom is 0.227 e. The molecule has 2 rings (SSSR count). The van der Waals surface area contributed by atoms with Crippen molar-refractivity contribution in [2.45, 2.75) is 26.8 Å². The third-order valence-corrected chi connectivity index (χ3v) is 3.44. The monoisotopic (exact) mass is 348 g/mol. The predicted molar refractivity (Wildman–Crippen MR) is 101 cm³/mol. The van der Waals surface area contributed by atoms with Gasteiger partial charge in [0.25, 0.3) is 0 Å². The van der Waals surface area contributed by atoms with Gasteiger partial charge < -0.3 is 15.4 Å². The van der Waals surface area contributed by atoms with Crippen LogP contribution >= 0.6 is 12.4 Å². The van der Waals surface area contributed by atoms with Gasteiger partial charge in [-0.1, -0.05) is 37.3 Å². The van der Waals surface area contributed by atoms with Crippen molar-refractivity contribution in [3.63, 3.8) is 0 Å². The fourth-order valence-corrected chi connectivity index (χ4v) is 2.24. The van der Waals surface area contributed by atoms with Gasteiger partial charge >= 0.3 is 0 Å². The Morgan fingerprint density at radius 2 is 1.92 bits per heavy atom. The summed E-state index contributed by atoms with van der Waals surface area (Å²) in [4.78, 5) is 12.1. The number of anilines is 1. The van der Waals surface area contributed by atoms with Crippen molar-refractivity contribution < 1.29 is 9.53 Å². The van der Waals surface area contributed by atoms with Crippen LogP contribution < -0.4 is 15.4 Å². The molecule has 5 heteroatoms. The number of aryl methyl sites for hydroxylation is 1. The first-order chi connectivity index (χ1) is 11.2. The lowest BCUT2D eigenvalue weighted by Crippen LogP contribution is -2.18. The molecular weight excluding hydrogens is 324 g/mol. The Morgan fingerprint density at radius 1 is 1.12 bits per heavy atom. The van der Waals surface area contributed by atoms with Crippen molar-refractivity contribution in [1.29, 1.82) is 0 Å². The molecule has 2 N–H and O–H groups in total. The SMILES string of the molecule is CCNCc1ccccc1NC(=O)CCOc1cccc(C)c1.Cl. The lowest BCUT2D eigenvalue weighted by molar-refractivity contribution is -0.116. The summed E-state index contributed by atoms with van der Waals surface area (Å²) in [6.45, 7) is 6.08. The molecule has 0 atom stereocenters. The number of hydrogen-bond acceptors (Lipinski definition) is 3. The third kappa shape index (κ3) is 6.60. The number of amides is 1. The van der Waals surface area contributed by atoms with Gasteiger partial charge in [-0.05, 0) is 42.8 Å². The summed E-state index contributed by atoms with van der Waals surface area (Å²) in [7, 11) is 0. The molecule has 4 nitrogen and oxygen atoms in total. The minimum Gasteiger partial charge on any atom is -0.493 e. The van der Waals surface area contributed by atoms with Crippen molar-refractivity contribution in [2.75, 3.05) is 18.5 Å². The first kappa shape index (κ1) is 20.0. The number of carbonyl (C=O) groups excluding carboxylic acids is 1. The molecule has 0 saturated carbocycles. The topological polar surface area (TPSA) is 50.4 Å². The van der Waals surface area contributed by atoms with Crippen molar-refractivity contribution in [2.24, 2.45) is 0 Å². The number of nitrogens with one attached hydrogen (secondary N) is 2. The molecule has 2 aromatic rings. The van der Waals surface area contributed by atoms with E-state index < -0.39 is 0 Å². The van der Waals surface area contributed by atoms with E-state index in [9.17, 15) is 4.79 Å². The second-order valence-electron chi connectivity index (χ2n) is 5.40. The van der Waals surface area contributed by atoms with Gasteiger partial charge in [0.15, 0.2) is 0 Å². The summed E-state index contributed by atoms with van der Waals surface area (Å²) >= 11 is 0. The molecule has 1 amide bonds.